The molecule has 0 aromatic heterocycles. The first-order valence-electron chi connectivity index (χ1n) is 6.16. The van der Waals surface area contributed by atoms with Crippen molar-refractivity contribution in [3.8, 4) is 11.5 Å². The van der Waals surface area contributed by atoms with Crippen LogP contribution in [0.1, 0.15) is 13.3 Å². The van der Waals surface area contributed by atoms with Crippen molar-refractivity contribution >= 4 is 29.1 Å². The van der Waals surface area contributed by atoms with Gasteiger partial charge in [-0.25, -0.2) is 0 Å². The fourth-order valence-electron chi connectivity index (χ4n) is 1.49. The molecule has 0 saturated heterocycles. The molecule has 0 aliphatic rings. The molecule has 6 heteroatoms. The van der Waals surface area contributed by atoms with Crippen LogP contribution in [-0.2, 0) is 9.59 Å². The Labute approximate surface area is 123 Å². The summed E-state index contributed by atoms with van der Waals surface area (Å²) in [6, 6.07) is 5.19. The Balaban J connectivity index is 2.47. The number of ketones is 1. The Hall–Kier alpha value is -1.69. The number of Topliss-reactive ketones (excluding diaryl/α,β-unsaturated/α-hetero) is 1. The van der Waals surface area contributed by atoms with Gasteiger partial charge in [0.1, 0.15) is 5.78 Å². The molecule has 0 aliphatic carbocycles. The lowest BCUT2D eigenvalue weighted by molar-refractivity contribution is -0.116. The van der Waals surface area contributed by atoms with Crippen LogP contribution in [0, 0.1) is 0 Å². The molecule has 1 rings (SSSR count). The summed E-state index contributed by atoms with van der Waals surface area (Å²) in [5.74, 6) is 2.19. The SMILES string of the molecule is COc1ccc(NC(=O)CSCCC(C)=O)cc1OC. The molecule has 0 spiro atoms. The van der Waals surface area contributed by atoms with Crippen molar-refractivity contribution in [2.24, 2.45) is 0 Å². The number of ether oxygens (including phenoxy) is 2. The quantitative estimate of drug-likeness (QED) is 0.746. The Morgan fingerprint density at radius 1 is 1.20 bits per heavy atom. The van der Waals surface area contributed by atoms with Gasteiger partial charge in [-0.3, -0.25) is 9.59 Å². The summed E-state index contributed by atoms with van der Waals surface area (Å²) in [6.45, 7) is 1.55. The topological polar surface area (TPSA) is 64.6 Å². The number of anilines is 1. The predicted octanol–water partition coefficient (Wildman–Crippen LogP) is 2.35. The average molecular weight is 297 g/mol. The van der Waals surface area contributed by atoms with Crippen LogP contribution >= 0.6 is 11.8 Å². The van der Waals surface area contributed by atoms with Gasteiger partial charge in [0, 0.05) is 23.9 Å². The van der Waals surface area contributed by atoms with E-state index in [0.29, 0.717) is 35.1 Å². The summed E-state index contributed by atoms with van der Waals surface area (Å²) in [6.07, 6.45) is 0.494. The Kier molecular flexibility index (Phi) is 6.93. The number of carbonyl (C=O) groups is 2. The number of thioether (sulfide) groups is 1. The average Bonchev–Trinajstić information content (AvgIpc) is 2.43. The summed E-state index contributed by atoms with van der Waals surface area (Å²) in [4.78, 5) is 22.5. The van der Waals surface area contributed by atoms with E-state index in [4.69, 9.17) is 9.47 Å². The molecule has 0 atom stereocenters. The zero-order valence-electron chi connectivity index (χ0n) is 11.9. The highest BCUT2D eigenvalue weighted by Gasteiger charge is 2.07. The monoisotopic (exact) mass is 297 g/mol. The number of carbonyl (C=O) groups excluding carboxylic acids is 2. The van der Waals surface area contributed by atoms with E-state index in [1.54, 1.807) is 39.3 Å². The van der Waals surface area contributed by atoms with Gasteiger partial charge in [-0.15, -0.1) is 0 Å². The van der Waals surface area contributed by atoms with Crippen molar-refractivity contribution in [1.29, 1.82) is 0 Å². The smallest absolute Gasteiger partial charge is 0.234 e. The number of nitrogens with one attached hydrogen (secondary N) is 1. The van der Waals surface area contributed by atoms with Gasteiger partial charge < -0.3 is 14.8 Å². The van der Waals surface area contributed by atoms with Gasteiger partial charge in [-0.05, 0) is 19.1 Å². The lowest BCUT2D eigenvalue weighted by Crippen LogP contribution is -2.14. The Morgan fingerprint density at radius 3 is 2.50 bits per heavy atom. The largest absolute Gasteiger partial charge is 0.493 e. The van der Waals surface area contributed by atoms with Crippen LogP contribution in [0.25, 0.3) is 0 Å². The molecule has 5 nitrogen and oxygen atoms in total. The van der Waals surface area contributed by atoms with E-state index in [9.17, 15) is 9.59 Å². The van der Waals surface area contributed by atoms with Crippen LogP contribution < -0.4 is 14.8 Å². The Morgan fingerprint density at radius 2 is 1.90 bits per heavy atom. The van der Waals surface area contributed by atoms with Gasteiger partial charge in [0.2, 0.25) is 5.91 Å². The highest BCUT2D eigenvalue weighted by molar-refractivity contribution is 7.99. The van der Waals surface area contributed by atoms with Crippen molar-refractivity contribution < 1.29 is 19.1 Å². The van der Waals surface area contributed by atoms with Gasteiger partial charge >= 0.3 is 0 Å². The maximum Gasteiger partial charge on any atom is 0.234 e. The second-order valence-corrected chi connectivity index (χ2v) is 5.23. The van der Waals surface area contributed by atoms with Gasteiger partial charge in [0.05, 0.1) is 20.0 Å². The standard InChI is InChI=1S/C14H19NO4S/c1-10(16)6-7-20-9-14(17)15-11-4-5-12(18-2)13(8-11)19-3/h4-5,8H,6-7,9H2,1-3H3,(H,15,17). The Bertz CT molecular complexity index is 476. The van der Waals surface area contributed by atoms with Gasteiger partial charge in [-0.2, -0.15) is 11.8 Å². The van der Waals surface area contributed by atoms with Crippen LogP contribution in [0.2, 0.25) is 0 Å². The van der Waals surface area contributed by atoms with Gasteiger partial charge in [0.25, 0.3) is 0 Å². The molecule has 0 aliphatic heterocycles. The summed E-state index contributed by atoms with van der Waals surface area (Å²) in [5, 5.41) is 2.78. The molecule has 0 fully saturated rings. The van der Waals surface area contributed by atoms with Crippen molar-refractivity contribution in [2.45, 2.75) is 13.3 Å². The summed E-state index contributed by atoms with van der Waals surface area (Å²) >= 11 is 1.44. The van der Waals surface area contributed by atoms with E-state index in [1.165, 1.54) is 11.8 Å². The fourth-order valence-corrected chi connectivity index (χ4v) is 2.33. The number of hydrogen-bond acceptors (Lipinski definition) is 5. The fraction of sp³-hybridized carbons (Fsp3) is 0.429. The molecule has 0 unspecified atom stereocenters. The van der Waals surface area contributed by atoms with Crippen LogP contribution in [0.15, 0.2) is 18.2 Å². The minimum atomic E-state index is -0.106. The van der Waals surface area contributed by atoms with Crippen LogP contribution in [0.3, 0.4) is 0 Å². The molecule has 1 N–H and O–H groups in total. The van der Waals surface area contributed by atoms with E-state index in [2.05, 4.69) is 5.32 Å². The van der Waals surface area contributed by atoms with Crippen LogP contribution in [0.5, 0.6) is 11.5 Å². The lowest BCUT2D eigenvalue weighted by atomic mass is 10.2. The van der Waals surface area contributed by atoms with Crippen molar-refractivity contribution in [3.05, 3.63) is 18.2 Å². The summed E-state index contributed by atoms with van der Waals surface area (Å²) in [5.41, 5.74) is 0.653. The highest BCUT2D eigenvalue weighted by atomic mass is 32.2. The third kappa shape index (κ3) is 5.52. The molecule has 1 aromatic carbocycles. The third-order valence-corrected chi connectivity index (χ3v) is 3.46. The first kappa shape index (κ1) is 16.4. The van der Waals surface area contributed by atoms with E-state index in [1.807, 2.05) is 0 Å². The zero-order valence-corrected chi connectivity index (χ0v) is 12.7. The van der Waals surface area contributed by atoms with E-state index < -0.39 is 0 Å². The first-order valence-corrected chi connectivity index (χ1v) is 7.31. The molecule has 1 amide bonds. The number of hydrogen-bond donors (Lipinski definition) is 1. The highest BCUT2D eigenvalue weighted by Crippen LogP contribution is 2.29. The van der Waals surface area contributed by atoms with Crippen LogP contribution in [-0.4, -0.2) is 37.4 Å². The van der Waals surface area contributed by atoms with Gasteiger partial charge in [0.15, 0.2) is 11.5 Å². The number of amides is 1. The number of benzene rings is 1. The molecular weight excluding hydrogens is 278 g/mol. The van der Waals surface area contributed by atoms with Crippen LogP contribution in [0.4, 0.5) is 5.69 Å². The molecular formula is C14H19NO4S. The second kappa shape index (κ2) is 8.47. The minimum absolute atomic E-state index is 0.106. The van der Waals surface area contributed by atoms with Crippen molar-refractivity contribution in [3.63, 3.8) is 0 Å². The van der Waals surface area contributed by atoms with Crippen molar-refractivity contribution in [1.82, 2.24) is 0 Å². The van der Waals surface area contributed by atoms with E-state index in [-0.39, 0.29) is 11.7 Å². The maximum atomic E-state index is 11.7. The molecule has 0 bridgehead atoms. The van der Waals surface area contributed by atoms with Crippen molar-refractivity contribution in [2.75, 3.05) is 31.0 Å². The molecule has 20 heavy (non-hydrogen) atoms. The molecule has 0 heterocycles. The predicted molar refractivity (Wildman–Crippen MR) is 80.8 cm³/mol. The number of methoxy groups -OCH3 is 2. The lowest BCUT2D eigenvalue weighted by Gasteiger charge is -2.10. The molecule has 110 valence electrons. The summed E-state index contributed by atoms with van der Waals surface area (Å²) < 4.78 is 10.3. The molecule has 0 saturated carbocycles. The molecule has 0 radical (unpaired) electrons. The first-order chi connectivity index (χ1) is 9.56. The normalized spacial score (nSPS) is 9.95. The van der Waals surface area contributed by atoms with E-state index >= 15 is 0 Å². The third-order valence-electron chi connectivity index (χ3n) is 2.50. The maximum absolute atomic E-state index is 11.7. The second-order valence-electron chi connectivity index (χ2n) is 4.12. The van der Waals surface area contributed by atoms with Gasteiger partial charge in [-0.1, -0.05) is 0 Å². The number of rotatable bonds is 8. The zero-order chi connectivity index (χ0) is 15.0. The minimum Gasteiger partial charge on any atom is -0.493 e. The molecule has 1 aromatic rings. The van der Waals surface area contributed by atoms with E-state index in [0.717, 1.165) is 0 Å². The summed E-state index contributed by atoms with van der Waals surface area (Å²) in [7, 11) is 3.10.